The molecule has 2 aromatic rings. The van der Waals surface area contributed by atoms with Crippen molar-refractivity contribution in [3.8, 4) is 5.75 Å². The molecular weight excluding hydrogens is 398 g/mol. The normalized spacial score (nSPS) is 12.1. The average molecular weight is 412 g/mol. The van der Waals surface area contributed by atoms with E-state index in [1.165, 1.54) is 12.3 Å². The van der Waals surface area contributed by atoms with E-state index in [4.69, 9.17) is 4.74 Å². The molecule has 0 radical (unpaired) electrons. The summed E-state index contributed by atoms with van der Waals surface area (Å²) >= 11 is 4.31. The highest BCUT2D eigenvalue weighted by molar-refractivity contribution is 9.10. The van der Waals surface area contributed by atoms with Crippen LogP contribution < -0.4 is 10.2 Å². The van der Waals surface area contributed by atoms with Crippen LogP contribution >= 0.6 is 27.3 Å². The van der Waals surface area contributed by atoms with Crippen molar-refractivity contribution >= 4 is 44.4 Å². The predicted molar refractivity (Wildman–Crippen MR) is 95.6 cm³/mol. The van der Waals surface area contributed by atoms with Crippen LogP contribution in [0.3, 0.4) is 0 Å². The van der Waals surface area contributed by atoms with Gasteiger partial charge in [-0.05, 0) is 30.7 Å². The second kappa shape index (κ2) is 8.55. The molecule has 0 spiro atoms. The second-order valence-corrected chi connectivity index (χ2v) is 6.65. The number of nitrogens with one attached hydrogen (secondary N) is 1. The summed E-state index contributed by atoms with van der Waals surface area (Å²) in [5.41, 5.74) is 2.39. The Bertz CT molecular complexity index is 763. The zero-order valence-electron chi connectivity index (χ0n) is 12.6. The number of hydrazone groups is 1. The number of hydrogen-bond acceptors (Lipinski definition) is 6. The third-order valence-electron chi connectivity index (χ3n) is 2.90. The van der Waals surface area contributed by atoms with Gasteiger partial charge in [-0.25, -0.2) is 5.43 Å². The first kappa shape index (κ1) is 18.1. The van der Waals surface area contributed by atoms with Gasteiger partial charge in [0, 0.05) is 10.5 Å². The summed E-state index contributed by atoms with van der Waals surface area (Å²) in [7, 11) is 0. The van der Waals surface area contributed by atoms with Crippen molar-refractivity contribution in [2.24, 2.45) is 5.10 Å². The lowest BCUT2D eigenvalue weighted by molar-refractivity contribution is -0.380. The third kappa shape index (κ3) is 5.14. The van der Waals surface area contributed by atoms with Crippen LogP contribution in [0.15, 0.2) is 46.0 Å². The lowest BCUT2D eigenvalue weighted by Gasteiger charge is -2.15. The molecule has 1 N–H and O–H groups in total. The first-order valence-corrected chi connectivity index (χ1v) is 8.60. The summed E-state index contributed by atoms with van der Waals surface area (Å²) in [6, 6.07) is 10.1. The molecule has 1 amide bonds. The van der Waals surface area contributed by atoms with E-state index in [0.717, 1.165) is 15.8 Å². The lowest BCUT2D eigenvalue weighted by atomic mass is 10.2. The largest absolute Gasteiger partial charge is 0.481 e. The van der Waals surface area contributed by atoms with Crippen molar-refractivity contribution in [2.45, 2.75) is 19.4 Å². The smallest absolute Gasteiger partial charge is 0.324 e. The molecule has 0 fully saturated rings. The van der Waals surface area contributed by atoms with Crippen LogP contribution in [0.5, 0.6) is 5.75 Å². The topological polar surface area (TPSA) is 93.8 Å². The number of carbonyl (C=O) groups excluding carboxylic acids is 1. The van der Waals surface area contributed by atoms with E-state index >= 15 is 0 Å². The fourth-order valence-electron chi connectivity index (χ4n) is 1.77. The van der Waals surface area contributed by atoms with Crippen LogP contribution in [-0.2, 0) is 4.79 Å². The Balaban J connectivity index is 1.93. The SMILES string of the molecule is CC[C@@H](Oc1cccc(Br)c1)C(=O)N/N=C\c1ccc([N+](=O)[O-])s1. The van der Waals surface area contributed by atoms with Gasteiger partial charge in [-0.2, -0.15) is 5.10 Å². The molecule has 2 rings (SSSR count). The highest BCUT2D eigenvalue weighted by Crippen LogP contribution is 2.22. The molecule has 0 saturated heterocycles. The van der Waals surface area contributed by atoms with Gasteiger partial charge < -0.3 is 4.74 Å². The fraction of sp³-hybridized carbons (Fsp3) is 0.200. The van der Waals surface area contributed by atoms with Crippen LogP contribution in [0.1, 0.15) is 18.2 Å². The Morgan fingerprint density at radius 1 is 1.50 bits per heavy atom. The number of nitro groups is 1. The van der Waals surface area contributed by atoms with E-state index in [-0.39, 0.29) is 10.9 Å². The van der Waals surface area contributed by atoms with Gasteiger partial charge in [0.15, 0.2) is 6.10 Å². The molecule has 0 aliphatic carbocycles. The minimum absolute atomic E-state index is 0.0206. The van der Waals surface area contributed by atoms with E-state index in [9.17, 15) is 14.9 Å². The summed E-state index contributed by atoms with van der Waals surface area (Å²) in [4.78, 5) is 22.8. The Kier molecular flexibility index (Phi) is 6.44. The van der Waals surface area contributed by atoms with Gasteiger partial charge in [-0.3, -0.25) is 14.9 Å². The summed E-state index contributed by atoms with van der Waals surface area (Å²) in [6.07, 6.45) is 1.15. The van der Waals surface area contributed by atoms with Crippen LogP contribution in [0.2, 0.25) is 0 Å². The van der Waals surface area contributed by atoms with E-state index in [1.807, 2.05) is 19.1 Å². The molecule has 1 aromatic heterocycles. The Labute approximate surface area is 150 Å². The van der Waals surface area contributed by atoms with Crippen molar-refractivity contribution in [3.63, 3.8) is 0 Å². The van der Waals surface area contributed by atoms with E-state index < -0.39 is 11.0 Å². The minimum Gasteiger partial charge on any atom is -0.481 e. The van der Waals surface area contributed by atoms with Gasteiger partial charge >= 0.3 is 5.00 Å². The van der Waals surface area contributed by atoms with Gasteiger partial charge in [-0.1, -0.05) is 40.3 Å². The van der Waals surface area contributed by atoms with Crippen molar-refractivity contribution in [3.05, 3.63) is 55.9 Å². The zero-order chi connectivity index (χ0) is 17.5. The van der Waals surface area contributed by atoms with Gasteiger partial charge in [0.1, 0.15) is 5.75 Å². The molecule has 24 heavy (non-hydrogen) atoms. The molecule has 0 saturated carbocycles. The second-order valence-electron chi connectivity index (χ2n) is 4.64. The number of thiophene rings is 1. The Morgan fingerprint density at radius 3 is 2.92 bits per heavy atom. The molecule has 9 heteroatoms. The number of amides is 1. The highest BCUT2D eigenvalue weighted by Gasteiger charge is 2.18. The molecule has 1 heterocycles. The molecule has 1 atom stereocenters. The molecule has 0 aliphatic heterocycles. The molecule has 0 unspecified atom stereocenters. The molecule has 0 aliphatic rings. The number of nitrogens with zero attached hydrogens (tertiary/aromatic N) is 2. The standard InChI is InChI=1S/C15H14BrN3O4S/c1-2-13(23-11-5-3-4-10(16)8-11)15(20)18-17-9-12-6-7-14(24-12)19(21)22/h3-9,13H,2H2,1H3,(H,18,20)/b17-9-/t13-/m1/s1. The van der Waals surface area contributed by atoms with Crippen LogP contribution in [0.25, 0.3) is 0 Å². The van der Waals surface area contributed by atoms with Crippen molar-refractivity contribution in [1.29, 1.82) is 0 Å². The summed E-state index contributed by atoms with van der Waals surface area (Å²) in [5, 5.41) is 14.4. The maximum Gasteiger partial charge on any atom is 0.324 e. The summed E-state index contributed by atoms with van der Waals surface area (Å²) in [5.74, 6) is 0.184. The first-order chi connectivity index (χ1) is 11.5. The number of ether oxygens (including phenoxy) is 1. The predicted octanol–water partition coefficient (Wildman–Crippen LogP) is 3.73. The first-order valence-electron chi connectivity index (χ1n) is 6.99. The zero-order valence-corrected chi connectivity index (χ0v) is 15.0. The Morgan fingerprint density at radius 2 is 2.29 bits per heavy atom. The minimum atomic E-state index is -0.686. The number of carbonyl (C=O) groups is 1. The number of hydrogen-bond donors (Lipinski definition) is 1. The molecule has 7 nitrogen and oxygen atoms in total. The Hall–Kier alpha value is -2.26. The molecule has 1 aromatic carbocycles. The fourth-order valence-corrected chi connectivity index (χ4v) is 2.84. The molecular formula is C15H14BrN3O4S. The van der Waals surface area contributed by atoms with Crippen LogP contribution in [0, 0.1) is 10.1 Å². The monoisotopic (exact) mass is 411 g/mol. The van der Waals surface area contributed by atoms with Crippen molar-refractivity contribution in [1.82, 2.24) is 5.43 Å². The maximum atomic E-state index is 12.1. The molecule has 0 bridgehead atoms. The van der Waals surface area contributed by atoms with E-state index in [2.05, 4.69) is 26.5 Å². The van der Waals surface area contributed by atoms with Crippen molar-refractivity contribution < 1.29 is 14.5 Å². The van der Waals surface area contributed by atoms with E-state index in [1.54, 1.807) is 18.2 Å². The van der Waals surface area contributed by atoms with Gasteiger partial charge in [-0.15, -0.1) is 0 Å². The maximum absolute atomic E-state index is 12.1. The van der Waals surface area contributed by atoms with Crippen molar-refractivity contribution in [2.75, 3.05) is 0 Å². The lowest BCUT2D eigenvalue weighted by Crippen LogP contribution is -2.35. The summed E-state index contributed by atoms with van der Waals surface area (Å²) in [6.45, 7) is 1.83. The van der Waals surface area contributed by atoms with Crippen LogP contribution in [-0.4, -0.2) is 23.1 Å². The van der Waals surface area contributed by atoms with E-state index in [0.29, 0.717) is 17.0 Å². The number of rotatable bonds is 7. The highest BCUT2D eigenvalue weighted by atomic mass is 79.9. The van der Waals surface area contributed by atoms with Gasteiger partial charge in [0.25, 0.3) is 5.91 Å². The quantitative estimate of drug-likeness (QED) is 0.426. The van der Waals surface area contributed by atoms with Gasteiger partial charge in [0.2, 0.25) is 0 Å². The summed E-state index contributed by atoms with van der Waals surface area (Å²) < 4.78 is 6.50. The average Bonchev–Trinajstić information content (AvgIpc) is 3.01. The molecule has 126 valence electrons. The number of halogens is 1. The number of benzene rings is 1. The van der Waals surface area contributed by atoms with Crippen LogP contribution in [0.4, 0.5) is 5.00 Å². The third-order valence-corrected chi connectivity index (χ3v) is 4.36. The van der Waals surface area contributed by atoms with Gasteiger partial charge in [0.05, 0.1) is 16.0 Å².